The van der Waals surface area contributed by atoms with Crippen molar-refractivity contribution in [2.45, 2.75) is 39.2 Å². The normalized spacial score (nSPS) is 37.3. The molecule has 1 aromatic rings. The zero-order chi connectivity index (χ0) is 25.0. The fourth-order valence-corrected chi connectivity index (χ4v) is 7.07. The van der Waals surface area contributed by atoms with Gasteiger partial charge in [-0.05, 0) is 59.9 Å². The summed E-state index contributed by atoms with van der Waals surface area (Å²) in [5.74, 6) is -3.22. The number of ether oxygens (including phenoxy) is 2. The zero-order valence-electron chi connectivity index (χ0n) is 19.9. The zero-order valence-corrected chi connectivity index (χ0v) is 19.9. The monoisotopic (exact) mass is 475 g/mol. The molecule has 0 amide bonds. The Labute approximate surface area is 204 Å². The lowest BCUT2D eigenvalue weighted by Gasteiger charge is -2.58. The van der Waals surface area contributed by atoms with E-state index in [2.05, 4.69) is 11.6 Å². The molecule has 1 aliphatic heterocycles. The highest BCUT2D eigenvalue weighted by Crippen LogP contribution is 2.67. The number of aldehydes is 1. The molecule has 2 heterocycles. The van der Waals surface area contributed by atoms with E-state index in [1.54, 1.807) is 30.6 Å². The van der Waals surface area contributed by atoms with Gasteiger partial charge in [-0.1, -0.05) is 32.6 Å². The molecule has 2 bridgehead atoms. The van der Waals surface area contributed by atoms with Crippen LogP contribution in [-0.2, 0) is 28.7 Å². The molecule has 0 aromatic carbocycles. The van der Waals surface area contributed by atoms with Gasteiger partial charge in [-0.2, -0.15) is 0 Å². The molecule has 0 N–H and O–H groups in total. The molecule has 5 rings (SSSR count). The molecule has 7 nitrogen and oxygen atoms in total. The molecule has 0 unspecified atom stereocenters. The summed E-state index contributed by atoms with van der Waals surface area (Å²) in [5, 5.41) is 0. The van der Waals surface area contributed by atoms with E-state index in [0.29, 0.717) is 24.8 Å². The van der Waals surface area contributed by atoms with Crippen molar-refractivity contribution < 1.29 is 28.7 Å². The summed E-state index contributed by atoms with van der Waals surface area (Å²) in [7, 11) is 0. The topological polar surface area (TPSA) is 99.6 Å². The number of Topliss-reactive ketones (excluding diaryl/α,β-unsaturated/α-hetero) is 1. The second-order valence-electron chi connectivity index (χ2n) is 10.8. The van der Waals surface area contributed by atoms with Gasteiger partial charge in [0, 0.05) is 35.7 Å². The van der Waals surface area contributed by atoms with E-state index in [1.807, 2.05) is 26.0 Å². The number of esters is 2. The number of cyclic esters (lactones) is 1. The van der Waals surface area contributed by atoms with Crippen LogP contribution in [0, 0.1) is 34.0 Å². The van der Waals surface area contributed by atoms with Crippen LogP contribution in [0.4, 0.5) is 0 Å². The lowest BCUT2D eigenvalue weighted by atomic mass is 9.46. The lowest BCUT2D eigenvalue weighted by Crippen LogP contribution is -2.66. The first kappa shape index (κ1) is 23.4. The van der Waals surface area contributed by atoms with Crippen molar-refractivity contribution >= 4 is 30.1 Å². The predicted octanol–water partition coefficient (Wildman–Crippen LogP) is 3.50. The van der Waals surface area contributed by atoms with Crippen LogP contribution in [0.25, 0.3) is 6.08 Å². The maximum atomic E-state index is 13.8. The van der Waals surface area contributed by atoms with Gasteiger partial charge in [-0.15, -0.1) is 0 Å². The number of pyridine rings is 1. The van der Waals surface area contributed by atoms with Crippen LogP contribution in [0.2, 0.25) is 0 Å². The Balaban J connectivity index is 1.56. The summed E-state index contributed by atoms with van der Waals surface area (Å²) in [5.41, 5.74) is -1.87. The molecular weight excluding hydrogens is 446 g/mol. The van der Waals surface area contributed by atoms with Gasteiger partial charge in [0.1, 0.15) is 19.0 Å². The number of hydrogen-bond acceptors (Lipinski definition) is 7. The molecule has 182 valence electrons. The Kier molecular flexibility index (Phi) is 5.42. The minimum atomic E-state index is -1.70. The lowest BCUT2D eigenvalue weighted by molar-refractivity contribution is -0.215. The van der Waals surface area contributed by atoms with E-state index < -0.39 is 52.4 Å². The Morgan fingerprint density at radius 1 is 1.23 bits per heavy atom. The first-order chi connectivity index (χ1) is 16.7. The van der Waals surface area contributed by atoms with Crippen molar-refractivity contribution in [1.29, 1.82) is 0 Å². The van der Waals surface area contributed by atoms with Crippen LogP contribution in [0.1, 0.15) is 38.7 Å². The quantitative estimate of drug-likeness (QED) is 0.216. The van der Waals surface area contributed by atoms with Crippen molar-refractivity contribution in [3.63, 3.8) is 0 Å². The first-order valence-corrected chi connectivity index (χ1v) is 12.0. The van der Waals surface area contributed by atoms with Crippen LogP contribution >= 0.6 is 0 Å². The Morgan fingerprint density at radius 2 is 1.97 bits per heavy atom. The standard InChI is InChI=1S/C28H29NO6/c1-17-19-6-7-20-27(12-4-11-26(2,3)21(27)15-30)16-34-25(33)28(20,23(17)32)24(19)35-22(31)8-5-18-9-13-29-14-10-18/h4-5,8-10,12-15,19-21,24H,1,6-7,11,16H2,2-3H3/b8-5+/t19-,20-,21+,24+,27+,28-/m0/s1. The van der Waals surface area contributed by atoms with Crippen molar-refractivity contribution in [1.82, 2.24) is 4.98 Å². The minimum Gasteiger partial charge on any atom is -0.464 e. The van der Waals surface area contributed by atoms with Gasteiger partial charge in [0.25, 0.3) is 0 Å². The minimum absolute atomic E-state index is 0.0224. The Hall–Kier alpha value is -3.35. The van der Waals surface area contributed by atoms with Crippen molar-refractivity contribution in [3.05, 3.63) is 60.5 Å². The van der Waals surface area contributed by atoms with E-state index >= 15 is 0 Å². The smallest absolute Gasteiger partial charge is 0.331 e. The average Bonchev–Trinajstić information content (AvgIpc) is 2.95. The summed E-state index contributed by atoms with van der Waals surface area (Å²) in [4.78, 5) is 56.6. The number of ketones is 1. The first-order valence-electron chi connectivity index (χ1n) is 12.0. The third-order valence-electron chi connectivity index (χ3n) is 8.68. The van der Waals surface area contributed by atoms with Crippen LogP contribution in [0.15, 0.2) is 54.9 Å². The van der Waals surface area contributed by atoms with Crippen molar-refractivity contribution in [2.75, 3.05) is 6.61 Å². The van der Waals surface area contributed by atoms with Gasteiger partial charge in [-0.25, -0.2) is 4.79 Å². The van der Waals surface area contributed by atoms with Crippen LogP contribution < -0.4 is 0 Å². The summed E-state index contributed by atoms with van der Waals surface area (Å²) < 4.78 is 11.6. The molecular formula is C28H29NO6. The van der Waals surface area contributed by atoms with Gasteiger partial charge in [-0.3, -0.25) is 14.6 Å². The van der Waals surface area contributed by atoms with E-state index in [4.69, 9.17) is 9.47 Å². The van der Waals surface area contributed by atoms with Gasteiger partial charge in [0.05, 0.1) is 0 Å². The molecule has 2 saturated carbocycles. The average molecular weight is 476 g/mol. The van der Waals surface area contributed by atoms with Crippen LogP contribution in [0.3, 0.4) is 0 Å². The number of carbonyl (C=O) groups excluding carboxylic acids is 4. The molecule has 4 aliphatic rings. The third kappa shape index (κ3) is 3.20. The van der Waals surface area contributed by atoms with Gasteiger partial charge < -0.3 is 14.3 Å². The van der Waals surface area contributed by atoms with E-state index in [9.17, 15) is 19.2 Å². The van der Waals surface area contributed by atoms with Gasteiger partial charge >= 0.3 is 11.9 Å². The summed E-state index contributed by atoms with van der Waals surface area (Å²) in [6, 6.07) is 3.49. The fourth-order valence-electron chi connectivity index (χ4n) is 7.07. The molecule has 6 atom stereocenters. The molecule has 1 saturated heterocycles. The third-order valence-corrected chi connectivity index (χ3v) is 8.68. The van der Waals surface area contributed by atoms with Crippen molar-refractivity contribution in [2.24, 2.45) is 34.0 Å². The number of aromatic nitrogens is 1. The summed E-state index contributed by atoms with van der Waals surface area (Å²) in [6.45, 7) is 8.05. The number of fused-ring (bicyclic) bond motifs is 2. The van der Waals surface area contributed by atoms with Crippen LogP contribution in [0.5, 0.6) is 0 Å². The van der Waals surface area contributed by atoms with Gasteiger partial charge in [0.15, 0.2) is 11.2 Å². The Bertz CT molecular complexity index is 1170. The predicted molar refractivity (Wildman–Crippen MR) is 126 cm³/mol. The molecule has 0 radical (unpaired) electrons. The SMILES string of the molecule is C=C1C(=O)[C@@]23C(=O)OC[C@]4(C=CCC(C)(C)[C@H]4C=O)[C@@H]2CC[C@@H]1[C@H]3OC(=O)/C=C/c1ccncc1. The maximum absolute atomic E-state index is 13.8. The second kappa shape index (κ2) is 8.11. The molecule has 3 aliphatic carbocycles. The largest absolute Gasteiger partial charge is 0.464 e. The second-order valence-corrected chi connectivity index (χ2v) is 10.8. The highest BCUT2D eigenvalue weighted by molar-refractivity contribution is 6.16. The Morgan fingerprint density at radius 3 is 2.69 bits per heavy atom. The molecule has 35 heavy (non-hydrogen) atoms. The molecule has 1 aromatic heterocycles. The number of hydrogen-bond donors (Lipinski definition) is 0. The summed E-state index contributed by atoms with van der Waals surface area (Å²) in [6.07, 6.45) is 11.8. The number of allylic oxidation sites excluding steroid dienone is 1. The van der Waals surface area contributed by atoms with E-state index in [1.165, 1.54) is 6.08 Å². The molecule has 7 heteroatoms. The van der Waals surface area contributed by atoms with Crippen LogP contribution in [-0.4, -0.2) is 41.7 Å². The van der Waals surface area contributed by atoms with E-state index in [-0.39, 0.29) is 12.0 Å². The number of rotatable bonds is 4. The number of nitrogens with zero attached hydrogens (tertiary/aromatic N) is 1. The van der Waals surface area contributed by atoms with Crippen molar-refractivity contribution in [3.8, 4) is 0 Å². The summed E-state index contributed by atoms with van der Waals surface area (Å²) >= 11 is 0. The highest BCUT2D eigenvalue weighted by Gasteiger charge is 2.76. The maximum Gasteiger partial charge on any atom is 0.331 e. The van der Waals surface area contributed by atoms with Gasteiger partial charge in [0.2, 0.25) is 0 Å². The fraction of sp³-hybridized carbons (Fsp3) is 0.464. The molecule has 3 fully saturated rings. The molecule has 2 spiro atoms. The highest BCUT2D eigenvalue weighted by atomic mass is 16.6. The number of carbonyl (C=O) groups is 4. The van der Waals surface area contributed by atoms with E-state index in [0.717, 1.165) is 11.8 Å².